The van der Waals surface area contributed by atoms with Gasteiger partial charge in [-0.1, -0.05) is 0 Å². The minimum absolute atomic E-state index is 0.217. The lowest BCUT2D eigenvalue weighted by atomic mass is 10.1. The van der Waals surface area contributed by atoms with Crippen LogP contribution in [0.4, 0.5) is 4.39 Å². The molecule has 19 heavy (non-hydrogen) atoms. The summed E-state index contributed by atoms with van der Waals surface area (Å²) in [6.07, 6.45) is 0. The standard InChI is InChI=1S/C15H21FO3/c1-10-8-14(12(11(2)17)9-13(10)16)18-6-7-19-15(3,4)5/h8-9H,6-7H2,1-5H3. The summed E-state index contributed by atoms with van der Waals surface area (Å²) in [5.74, 6) is -0.210. The maximum Gasteiger partial charge on any atom is 0.163 e. The molecule has 0 amide bonds. The van der Waals surface area contributed by atoms with Crippen LogP contribution in [0.2, 0.25) is 0 Å². The Kier molecular flexibility index (Phi) is 5.06. The zero-order valence-electron chi connectivity index (χ0n) is 12.2. The lowest BCUT2D eigenvalue weighted by Crippen LogP contribution is -2.22. The van der Waals surface area contributed by atoms with Gasteiger partial charge in [-0.15, -0.1) is 0 Å². The number of rotatable bonds is 5. The third kappa shape index (κ3) is 4.99. The summed E-state index contributed by atoms with van der Waals surface area (Å²) in [6.45, 7) is 9.63. The number of aryl methyl sites for hydroxylation is 1. The second kappa shape index (κ2) is 6.15. The summed E-state index contributed by atoms with van der Waals surface area (Å²) < 4.78 is 24.5. The lowest BCUT2D eigenvalue weighted by Gasteiger charge is -2.20. The fraction of sp³-hybridized carbons (Fsp3) is 0.533. The highest BCUT2D eigenvalue weighted by atomic mass is 19.1. The molecule has 0 radical (unpaired) electrons. The molecule has 1 aromatic carbocycles. The molecule has 106 valence electrons. The van der Waals surface area contributed by atoms with Crippen LogP contribution >= 0.6 is 0 Å². The molecule has 0 aliphatic carbocycles. The molecule has 0 atom stereocenters. The smallest absolute Gasteiger partial charge is 0.163 e. The number of ketones is 1. The van der Waals surface area contributed by atoms with Crippen molar-refractivity contribution >= 4 is 5.78 Å². The summed E-state index contributed by atoms with van der Waals surface area (Å²) in [6, 6.07) is 2.76. The van der Waals surface area contributed by atoms with E-state index in [1.54, 1.807) is 13.0 Å². The van der Waals surface area contributed by atoms with Gasteiger partial charge in [0.15, 0.2) is 5.78 Å². The van der Waals surface area contributed by atoms with Crippen LogP contribution in [0.15, 0.2) is 12.1 Å². The van der Waals surface area contributed by atoms with Gasteiger partial charge in [-0.3, -0.25) is 4.79 Å². The average Bonchev–Trinajstić information content (AvgIpc) is 2.27. The Morgan fingerprint density at radius 2 is 1.89 bits per heavy atom. The molecule has 0 fully saturated rings. The second-order valence-electron chi connectivity index (χ2n) is 5.46. The molecule has 0 N–H and O–H groups in total. The van der Waals surface area contributed by atoms with Crippen LogP contribution in [0.5, 0.6) is 5.75 Å². The molecule has 3 nitrogen and oxygen atoms in total. The molecule has 0 aromatic heterocycles. The van der Waals surface area contributed by atoms with Gasteiger partial charge >= 0.3 is 0 Å². The van der Waals surface area contributed by atoms with Gasteiger partial charge in [0.1, 0.15) is 18.2 Å². The van der Waals surface area contributed by atoms with Crippen molar-refractivity contribution in [1.82, 2.24) is 0 Å². The lowest BCUT2D eigenvalue weighted by molar-refractivity contribution is -0.0164. The summed E-state index contributed by atoms with van der Waals surface area (Å²) in [5, 5.41) is 0. The Bertz CT molecular complexity index is 461. The van der Waals surface area contributed by atoms with Crippen LogP contribution in [0.3, 0.4) is 0 Å². The van der Waals surface area contributed by atoms with E-state index in [9.17, 15) is 9.18 Å². The average molecular weight is 268 g/mol. The van der Waals surface area contributed by atoms with Gasteiger partial charge in [-0.05, 0) is 52.3 Å². The van der Waals surface area contributed by atoms with Crippen molar-refractivity contribution in [1.29, 1.82) is 0 Å². The first-order chi connectivity index (χ1) is 8.70. The van der Waals surface area contributed by atoms with Gasteiger partial charge in [-0.2, -0.15) is 0 Å². The van der Waals surface area contributed by atoms with E-state index in [-0.39, 0.29) is 16.9 Å². The topological polar surface area (TPSA) is 35.5 Å². The van der Waals surface area contributed by atoms with Crippen LogP contribution in [-0.4, -0.2) is 24.6 Å². The fourth-order valence-electron chi connectivity index (χ4n) is 1.55. The zero-order valence-corrected chi connectivity index (χ0v) is 12.2. The summed E-state index contributed by atoms with van der Waals surface area (Å²) >= 11 is 0. The first-order valence-corrected chi connectivity index (χ1v) is 6.28. The van der Waals surface area contributed by atoms with Crippen molar-refractivity contribution in [3.05, 3.63) is 29.1 Å². The molecule has 0 saturated heterocycles. The van der Waals surface area contributed by atoms with Gasteiger partial charge in [0.25, 0.3) is 0 Å². The minimum Gasteiger partial charge on any atom is -0.490 e. The maximum absolute atomic E-state index is 13.4. The Hall–Kier alpha value is -1.42. The molecule has 0 bridgehead atoms. The molecule has 4 heteroatoms. The van der Waals surface area contributed by atoms with Gasteiger partial charge < -0.3 is 9.47 Å². The summed E-state index contributed by atoms with van der Waals surface area (Å²) in [5.41, 5.74) is 0.487. The number of carbonyl (C=O) groups excluding carboxylic acids is 1. The van der Waals surface area contributed by atoms with Crippen molar-refractivity contribution in [3.63, 3.8) is 0 Å². The quantitative estimate of drug-likeness (QED) is 0.605. The first kappa shape index (κ1) is 15.6. The second-order valence-corrected chi connectivity index (χ2v) is 5.46. The van der Waals surface area contributed by atoms with Crippen LogP contribution in [0.25, 0.3) is 0 Å². The van der Waals surface area contributed by atoms with Crippen molar-refractivity contribution in [2.45, 2.75) is 40.2 Å². The Morgan fingerprint density at radius 1 is 1.26 bits per heavy atom. The highest BCUT2D eigenvalue weighted by molar-refractivity contribution is 5.96. The minimum atomic E-state index is -0.400. The number of carbonyl (C=O) groups is 1. The normalized spacial score (nSPS) is 11.5. The number of hydrogen-bond donors (Lipinski definition) is 0. The molecule has 0 heterocycles. The monoisotopic (exact) mass is 268 g/mol. The molecular weight excluding hydrogens is 247 g/mol. The molecule has 1 aromatic rings. The van der Waals surface area contributed by atoms with E-state index >= 15 is 0 Å². The molecule has 0 spiro atoms. The predicted molar refractivity (Wildman–Crippen MR) is 72.3 cm³/mol. The fourth-order valence-corrected chi connectivity index (χ4v) is 1.55. The van der Waals surface area contributed by atoms with Crippen LogP contribution in [-0.2, 0) is 4.74 Å². The van der Waals surface area contributed by atoms with E-state index in [4.69, 9.17) is 9.47 Å². The number of halogens is 1. The van der Waals surface area contributed by atoms with Gasteiger partial charge in [-0.25, -0.2) is 4.39 Å². The van der Waals surface area contributed by atoms with E-state index in [1.807, 2.05) is 20.8 Å². The van der Waals surface area contributed by atoms with E-state index in [0.29, 0.717) is 24.5 Å². The van der Waals surface area contributed by atoms with Gasteiger partial charge in [0.05, 0.1) is 17.8 Å². The Labute approximate surface area is 113 Å². The van der Waals surface area contributed by atoms with Gasteiger partial charge in [0.2, 0.25) is 0 Å². The van der Waals surface area contributed by atoms with E-state index in [0.717, 1.165) is 0 Å². The summed E-state index contributed by atoms with van der Waals surface area (Å²) in [7, 11) is 0. The van der Waals surface area contributed by atoms with Gasteiger partial charge in [0, 0.05) is 0 Å². The molecule has 0 saturated carbocycles. The van der Waals surface area contributed by atoms with Crippen molar-refractivity contribution < 1.29 is 18.7 Å². The highest BCUT2D eigenvalue weighted by Crippen LogP contribution is 2.23. The third-order valence-corrected chi connectivity index (χ3v) is 2.52. The molecule has 0 aliphatic heterocycles. The van der Waals surface area contributed by atoms with Crippen LogP contribution in [0, 0.1) is 12.7 Å². The first-order valence-electron chi connectivity index (χ1n) is 6.28. The van der Waals surface area contributed by atoms with Crippen molar-refractivity contribution in [2.75, 3.05) is 13.2 Å². The summed E-state index contributed by atoms with van der Waals surface area (Å²) in [4.78, 5) is 11.4. The number of Topliss-reactive ketones (excluding diaryl/α,β-unsaturated/α-hetero) is 1. The van der Waals surface area contributed by atoms with Crippen molar-refractivity contribution in [3.8, 4) is 5.75 Å². The number of hydrogen-bond acceptors (Lipinski definition) is 3. The largest absolute Gasteiger partial charge is 0.490 e. The van der Waals surface area contributed by atoms with Crippen molar-refractivity contribution in [2.24, 2.45) is 0 Å². The SMILES string of the molecule is CC(=O)c1cc(F)c(C)cc1OCCOC(C)(C)C. The molecule has 1 rings (SSSR count). The Morgan fingerprint density at radius 3 is 2.42 bits per heavy atom. The van der Waals surface area contributed by atoms with E-state index in [1.165, 1.54) is 13.0 Å². The highest BCUT2D eigenvalue weighted by Gasteiger charge is 2.13. The maximum atomic E-state index is 13.4. The van der Waals surface area contributed by atoms with Crippen LogP contribution in [0.1, 0.15) is 43.6 Å². The number of benzene rings is 1. The molecule has 0 unspecified atom stereocenters. The molecular formula is C15H21FO3. The van der Waals surface area contributed by atoms with Crippen LogP contribution < -0.4 is 4.74 Å². The third-order valence-electron chi connectivity index (χ3n) is 2.52. The molecule has 0 aliphatic rings. The Balaban J connectivity index is 2.72. The predicted octanol–water partition coefficient (Wildman–Crippen LogP) is 3.53. The zero-order chi connectivity index (χ0) is 14.6. The number of ether oxygens (including phenoxy) is 2. The van der Waals surface area contributed by atoms with E-state index < -0.39 is 5.82 Å². The van der Waals surface area contributed by atoms with E-state index in [2.05, 4.69) is 0 Å².